The van der Waals surface area contributed by atoms with Crippen molar-refractivity contribution in [1.82, 2.24) is 5.32 Å². The van der Waals surface area contributed by atoms with Gasteiger partial charge in [0.2, 0.25) is 0 Å². The van der Waals surface area contributed by atoms with Crippen molar-refractivity contribution < 1.29 is 0 Å². The molecular weight excluding hydrogens is 134 g/mol. The summed E-state index contributed by atoms with van der Waals surface area (Å²) in [6.45, 7) is 12.6. The van der Waals surface area contributed by atoms with Gasteiger partial charge in [0.05, 0.1) is 0 Å². The summed E-state index contributed by atoms with van der Waals surface area (Å²) < 4.78 is 0. The Morgan fingerprint density at radius 2 is 2.00 bits per heavy atom. The molecule has 0 spiro atoms. The van der Waals surface area contributed by atoms with Gasteiger partial charge < -0.3 is 5.32 Å². The highest BCUT2D eigenvalue weighted by molar-refractivity contribution is 4.76. The zero-order valence-corrected chi connectivity index (χ0v) is 8.06. The molecule has 0 fully saturated rings. The molecule has 0 heterocycles. The van der Waals surface area contributed by atoms with E-state index in [1.54, 1.807) is 0 Å². The molecule has 0 aliphatic carbocycles. The van der Waals surface area contributed by atoms with Crippen LogP contribution in [-0.4, -0.2) is 13.1 Å². The van der Waals surface area contributed by atoms with E-state index in [1.165, 1.54) is 6.42 Å². The topological polar surface area (TPSA) is 12.0 Å². The molecule has 0 amide bonds. The van der Waals surface area contributed by atoms with Crippen molar-refractivity contribution in [1.29, 1.82) is 0 Å². The molecule has 0 aliphatic heterocycles. The highest BCUT2D eigenvalue weighted by Gasteiger charge is 1.98. The van der Waals surface area contributed by atoms with Crippen molar-refractivity contribution in [3.8, 4) is 0 Å². The van der Waals surface area contributed by atoms with Gasteiger partial charge in [0.25, 0.3) is 0 Å². The molecule has 1 heteroatoms. The molecule has 1 nitrogen and oxygen atoms in total. The van der Waals surface area contributed by atoms with E-state index < -0.39 is 0 Å². The van der Waals surface area contributed by atoms with E-state index in [4.69, 9.17) is 0 Å². The molecule has 0 aromatic heterocycles. The largest absolute Gasteiger partial charge is 0.316 e. The van der Waals surface area contributed by atoms with Crippen molar-refractivity contribution in [3.63, 3.8) is 0 Å². The van der Waals surface area contributed by atoms with Gasteiger partial charge in [-0.2, -0.15) is 0 Å². The molecule has 0 aromatic rings. The fraction of sp³-hybridized carbons (Fsp3) is 0.800. The van der Waals surface area contributed by atoms with E-state index in [9.17, 15) is 0 Å². The summed E-state index contributed by atoms with van der Waals surface area (Å²) in [5, 5.41) is 3.42. The quantitative estimate of drug-likeness (QED) is 0.581. The summed E-state index contributed by atoms with van der Waals surface area (Å²) >= 11 is 0. The van der Waals surface area contributed by atoms with E-state index >= 15 is 0 Å². The van der Waals surface area contributed by atoms with Crippen LogP contribution in [0, 0.1) is 11.8 Å². The summed E-state index contributed by atoms with van der Waals surface area (Å²) in [6, 6.07) is 0. The van der Waals surface area contributed by atoms with Crippen LogP contribution < -0.4 is 5.32 Å². The number of hydrogen-bond acceptors (Lipinski definition) is 1. The van der Waals surface area contributed by atoms with Crippen LogP contribution in [-0.2, 0) is 0 Å². The zero-order valence-electron chi connectivity index (χ0n) is 8.06. The van der Waals surface area contributed by atoms with Crippen LogP contribution in [0.2, 0.25) is 0 Å². The van der Waals surface area contributed by atoms with Crippen LogP contribution in [0.5, 0.6) is 0 Å². The molecule has 11 heavy (non-hydrogen) atoms. The molecule has 0 rings (SSSR count). The van der Waals surface area contributed by atoms with Crippen LogP contribution >= 0.6 is 0 Å². The molecule has 0 saturated heterocycles. The maximum absolute atomic E-state index is 3.74. The number of hydrogen-bond donors (Lipinski definition) is 1. The SMILES string of the molecule is C=CC(C)CNCC(C)CC. The molecule has 0 radical (unpaired) electrons. The molecule has 0 bridgehead atoms. The van der Waals surface area contributed by atoms with Crippen LogP contribution in [0.15, 0.2) is 12.7 Å². The maximum atomic E-state index is 3.74. The van der Waals surface area contributed by atoms with E-state index in [0.29, 0.717) is 5.92 Å². The van der Waals surface area contributed by atoms with Crippen molar-refractivity contribution in [2.75, 3.05) is 13.1 Å². The third-order valence-corrected chi connectivity index (χ3v) is 2.06. The summed E-state index contributed by atoms with van der Waals surface area (Å²) in [6.07, 6.45) is 3.25. The van der Waals surface area contributed by atoms with Crippen LogP contribution in [0.25, 0.3) is 0 Å². The Morgan fingerprint density at radius 1 is 1.36 bits per heavy atom. The van der Waals surface area contributed by atoms with Gasteiger partial charge >= 0.3 is 0 Å². The van der Waals surface area contributed by atoms with Crippen molar-refractivity contribution >= 4 is 0 Å². The molecule has 1 N–H and O–H groups in total. The first-order valence-corrected chi connectivity index (χ1v) is 4.54. The third kappa shape index (κ3) is 6.11. The summed E-state index contributed by atoms with van der Waals surface area (Å²) in [7, 11) is 0. The Kier molecular flexibility index (Phi) is 6.24. The molecule has 66 valence electrons. The number of nitrogens with one attached hydrogen (secondary N) is 1. The van der Waals surface area contributed by atoms with E-state index in [2.05, 4.69) is 32.7 Å². The summed E-state index contributed by atoms with van der Waals surface area (Å²) in [4.78, 5) is 0. The molecule has 0 aromatic carbocycles. The molecule has 0 aliphatic rings. The van der Waals surface area contributed by atoms with Gasteiger partial charge in [-0.1, -0.05) is 33.3 Å². The van der Waals surface area contributed by atoms with Crippen molar-refractivity contribution in [3.05, 3.63) is 12.7 Å². The van der Waals surface area contributed by atoms with Gasteiger partial charge in [-0.05, 0) is 18.4 Å². The first-order chi connectivity index (χ1) is 5.20. The lowest BCUT2D eigenvalue weighted by molar-refractivity contribution is 0.480. The maximum Gasteiger partial charge on any atom is 0.00115 e. The fourth-order valence-corrected chi connectivity index (χ4v) is 0.785. The van der Waals surface area contributed by atoms with Crippen LogP contribution in [0.4, 0.5) is 0 Å². The number of rotatable bonds is 6. The lowest BCUT2D eigenvalue weighted by atomic mass is 10.1. The highest BCUT2D eigenvalue weighted by Crippen LogP contribution is 1.98. The average molecular weight is 155 g/mol. The second kappa shape index (κ2) is 6.41. The van der Waals surface area contributed by atoms with Crippen LogP contribution in [0.3, 0.4) is 0 Å². The van der Waals surface area contributed by atoms with Gasteiger partial charge in [0, 0.05) is 6.54 Å². The molecule has 2 atom stereocenters. The predicted octanol–water partition coefficient (Wildman–Crippen LogP) is 2.44. The molecular formula is C10H21N. The van der Waals surface area contributed by atoms with Gasteiger partial charge in [0.1, 0.15) is 0 Å². The standard InChI is InChI=1S/C10H21N/c1-5-9(3)7-11-8-10(4)6-2/h5,9-11H,1,6-8H2,2-4H3. The van der Waals surface area contributed by atoms with Crippen molar-refractivity contribution in [2.24, 2.45) is 11.8 Å². The normalized spacial score (nSPS) is 15.9. The summed E-state index contributed by atoms with van der Waals surface area (Å²) in [5.41, 5.74) is 0. The lowest BCUT2D eigenvalue weighted by Gasteiger charge is -2.11. The first kappa shape index (κ1) is 10.7. The minimum atomic E-state index is 0.596. The molecule has 0 saturated carbocycles. The minimum Gasteiger partial charge on any atom is -0.316 e. The average Bonchev–Trinajstić information content (AvgIpc) is 2.04. The van der Waals surface area contributed by atoms with Crippen LogP contribution in [0.1, 0.15) is 27.2 Å². The monoisotopic (exact) mass is 155 g/mol. The second-order valence-electron chi connectivity index (χ2n) is 3.38. The Labute approximate surface area is 70.9 Å². The predicted molar refractivity (Wildman–Crippen MR) is 51.7 cm³/mol. The van der Waals surface area contributed by atoms with Gasteiger partial charge in [-0.3, -0.25) is 0 Å². The second-order valence-corrected chi connectivity index (χ2v) is 3.38. The Bertz CT molecular complexity index is 99.0. The zero-order chi connectivity index (χ0) is 8.69. The van der Waals surface area contributed by atoms with E-state index in [0.717, 1.165) is 19.0 Å². The minimum absolute atomic E-state index is 0.596. The van der Waals surface area contributed by atoms with E-state index in [-0.39, 0.29) is 0 Å². The van der Waals surface area contributed by atoms with Gasteiger partial charge in [0.15, 0.2) is 0 Å². The third-order valence-electron chi connectivity index (χ3n) is 2.06. The fourth-order valence-electron chi connectivity index (χ4n) is 0.785. The molecule has 2 unspecified atom stereocenters. The lowest BCUT2D eigenvalue weighted by Crippen LogP contribution is -2.25. The Hall–Kier alpha value is -0.300. The van der Waals surface area contributed by atoms with Gasteiger partial charge in [-0.25, -0.2) is 0 Å². The van der Waals surface area contributed by atoms with Gasteiger partial charge in [-0.15, -0.1) is 6.58 Å². The van der Waals surface area contributed by atoms with Crippen molar-refractivity contribution in [2.45, 2.75) is 27.2 Å². The Balaban J connectivity index is 3.19. The summed E-state index contributed by atoms with van der Waals surface area (Å²) in [5.74, 6) is 1.39. The van der Waals surface area contributed by atoms with E-state index in [1.807, 2.05) is 6.08 Å². The first-order valence-electron chi connectivity index (χ1n) is 4.54. The Morgan fingerprint density at radius 3 is 2.45 bits per heavy atom. The highest BCUT2D eigenvalue weighted by atomic mass is 14.9. The smallest absolute Gasteiger partial charge is 0.00115 e.